The van der Waals surface area contributed by atoms with Crippen molar-refractivity contribution < 1.29 is 19.4 Å². The molecule has 2 unspecified atom stereocenters. The van der Waals surface area contributed by atoms with E-state index in [4.69, 9.17) is 4.74 Å². The number of carbonyl (C=O) groups is 2. The van der Waals surface area contributed by atoms with Crippen LogP contribution in [-0.2, 0) is 14.3 Å². The van der Waals surface area contributed by atoms with Gasteiger partial charge in [0.25, 0.3) is 0 Å². The van der Waals surface area contributed by atoms with Crippen LogP contribution >= 0.6 is 0 Å². The van der Waals surface area contributed by atoms with E-state index in [1.165, 1.54) is 0 Å². The maximum Gasteiger partial charge on any atom is 0.310 e. The lowest BCUT2D eigenvalue weighted by atomic mass is 9.98. The third-order valence-electron chi connectivity index (χ3n) is 4.23. The Labute approximate surface area is 126 Å². The fourth-order valence-corrected chi connectivity index (χ4v) is 3.12. The van der Waals surface area contributed by atoms with Gasteiger partial charge in [0.15, 0.2) is 0 Å². The van der Waals surface area contributed by atoms with Crippen molar-refractivity contribution in [1.82, 2.24) is 9.80 Å². The number of hydrogen-bond donors (Lipinski definition) is 1. The van der Waals surface area contributed by atoms with Gasteiger partial charge in [0, 0.05) is 19.6 Å². The maximum absolute atomic E-state index is 12.3. The number of hydrogen-bond acceptors (Lipinski definition) is 5. The molecule has 120 valence electrons. The molecule has 1 N–H and O–H groups in total. The summed E-state index contributed by atoms with van der Waals surface area (Å²) >= 11 is 0. The molecule has 0 bridgehead atoms. The number of rotatable bonds is 4. The van der Waals surface area contributed by atoms with Crippen molar-refractivity contribution in [2.75, 3.05) is 39.3 Å². The topological polar surface area (TPSA) is 70.1 Å². The summed E-state index contributed by atoms with van der Waals surface area (Å²) in [6, 6.07) is 0. The third kappa shape index (κ3) is 4.68. The fraction of sp³-hybridized carbons (Fsp3) is 0.867. The largest absolute Gasteiger partial charge is 0.466 e. The standard InChI is InChI=1S/C15H26N2O4/c1-2-21-15(20)12-5-3-8-17(9-12)14(19)11-16-7-4-6-13(18)10-16/h12-13,18H,2-11H2,1H3. The number of carbonyl (C=O) groups excluding carboxylic acids is 2. The molecule has 2 atom stereocenters. The lowest BCUT2D eigenvalue weighted by molar-refractivity contribution is -0.151. The molecule has 1 amide bonds. The van der Waals surface area contributed by atoms with Gasteiger partial charge in [-0.15, -0.1) is 0 Å². The molecule has 21 heavy (non-hydrogen) atoms. The van der Waals surface area contributed by atoms with Gasteiger partial charge < -0.3 is 14.7 Å². The number of β-amino-alcohol motifs (C(OH)–C–C–N with tert-alkyl or cyclic N) is 1. The normalized spacial score (nSPS) is 27.4. The highest BCUT2D eigenvalue weighted by molar-refractivity contribution is 5.80. The fourth-order valence-electron chi connectivity index (χ4n) is 3.12. The van der Waals surface area contributed by atoms with Gasteiger partial charge in [-0.3, -0.25) is 14.5 Å². The second kappa shape index (κ2) is 7.75. The number of piperidine rings is 2. The first-order chi connectivity index (χ1) is 10.1. The van der Waals surface area contributed by atoms with Crippen LogP contribution in [0.1, 0.15) is 32.6 Å². The van der Waals surface area contributed by atoms with Gasteiger partial charge in [-0.1, -0.05) is 0 Å². The molecule has 2 rings (SSSR count). The van der Waals surface area contributed by atoms with E-state index in [0.29, 0.717) is 32.8 Å². The quantitative estimate of drug-likeness (QED) is 0.753. The minimum absolute atomic E-state index is 0.0538. The molecule has 2 heterocycles. The highest BCUT2D eigenvalue weighted by Crippen LogP contribution is 2.19. The van der Waals surface area contributed by atoms with Crippen LogP contribution in [0.2, 0.25) is 0 Å². The summed E-state index contributed by atoms with van der Waals surface area (Å²) in [5, 5.41) is 9.65. The molecular weight excluding hydrogens is 272 g/mol. The van der Waals surface area contributed by atoms with Crippen molar-refractivity contribution in [1.29, 1.82) is 0 Å². The number of aliphatic hydroxyl groups excluding tert-OH is 1. The molecule has 0 aromatic carbocycles. The third-order valence-corrected chi connectivity index (χ3v) is 4.23. The van der Waals surface area contributed by atoms with Crippen molar-refractivity contribution in [2.45, 2.75) is 38.7 Å². The Balaban J connectivity index is 1.82. The summed E-state index contributed by atoms with van der Waals surface area (Å²) in [6.45, 7) is 5.13. The summed E-state index contributed by atoms with van der Waals surface area (Å²) in [4.78, 5) is 27.9. The molecule has 0 radical (unpaired) electrons. The van der Waals surface area contributed by atoms with Gasteiger partial charge in [-0.05, 0) is 39.2 Å². The number of amides is 1. The monoisotopic (exact) mass is 298 g/mol. The van der Waals surface area contributed by atoms with Crippen molar-refractivity contribution in [2.24, 2.45) is 5.92 Å². The first-order valence-electron chi connectivity index (χ1n) is 7.95. The van der Waals surface area contributed by atoms with Gasteiger partial charge in [0.2, 0.25) is 5.91 Å². The molecule has 0 spiro atoms. The van der Waals surface area contributed by atoms with Crippen LogP contribution in [0, 0.1) is 5.92 Å². The van der Waals surface area contributed by atoms with Gasteiger partial charge in [-0.2, -0.15) is 0 Å². The van der Waals surface area contributed by atoms with E-state index >= 15 is 0 Å². The summed E-state index contributed by atoms with van der Waals surface area (Å²) in [6.07, 6.45) is 3.07. The SMILES string of the molecule is CCOC(=O)C1CCCN(C(=O)CN2CCCC(O)C2)C1. The minimum atomic E-state index is -0.319. The van der Waals surface area contributed by atoms with E-state index in [1.807, 2.05) is 4.90 Å². The Morgan fingerprint density at radius 1 is 1.19 bits per heavy atom. The molecule has 6 heteroatoms. The zero-order valence-electron chi connectivity index (χ0n) is 12.8. The van der Waals surface area contributed by atoms with Crippen molar-refractivity contribution in [3.63, 3.8) is 0 Å². The van der Waals surface area contributed by atoms with Crippen LogP contribution < -0.4 is 0 Å². The molecule has 0 aromatic rings. The molecule has 0 saturated carbocycles. The van der Waals surface area contributed by atoms with Gasteiger partial charge in [0.1, 0.15) is 0 Å². The molecule has 2 fully saturated rings. The van der Waals surface area contributed by atoms with E-state index in [0.717, 1.165) is 32.2 Å². The van der Waals surface area contributed by atoms with E-state index in [2.05, 4.69) is 0 Å². The Hall–Kier alpha value is -1.14. The predicted octanol–water partition coefficient (Wildman–Crippen LogP) is 0.245. The van der Waals surface area contributed by atoms with Crippen LogP contribution in [0.15, 0.2) is 0 Å². The van der Waals surface area contributed by atoms with E-state index in [-0.39, 0.29) is 23.9 Å². The Bertz CT molecular complexity index is 375. The van der Waals surface area contributed by atoms with Gasteiger partial charge in [0.05, 0.1) is 25.2 Å². The maximum atomic E-state index is 12.3. The lowest BCUT2D eigenvalue weighted by Crippen LogP contribution is -2.49. The summed E-state index contributed by atoms with van der Waals surface area (Å²) in [5.74, 6) is -0.323. The Morgan fingerprint density at radius 2 is 1.95 bits per heavy atom. The molecule has 2 aliphatic heterocycles. The summed E-state index contributed by atoms with van der Waals surface area (Å²) in [5.41, 5.74) is 0. The highest BCUT2D eigenvalue weighted by Gasteiger charge is 2.30. The van der Waals surface area contributed by atoms with E-state index < -0.39 is 0 Å². The van der Waals surface area contributed by atoms with Crippen LogP contribution in [-0.4, -0.2) is 72.2 Å². The molecule has 2 aliphatic rings. The zero-order valence-corrected chi connectivity index (χ0v) is 12.8. The Morgan fingerprint density at radius 3 is 2.67 bits per heavy atom. The molecule has 0 aromatic heterocycles. The zero-order chi connectivity index (χ0) is 15.2. The summed E-state index contributed by atoms with van der Waals surface area (Å²) < 4.78 is 5.05. The number of aliphatic hydroxyl groups is 1. The van der Waals surface area contributed by atoms with Crippen molar-refractivity contribution in [3.8, 4) is 0 Å². The first kappa shape index (κ1) is 16.2. The summed E-state index contributed by atoms with van der Waals surface area (Å²) in [7, 11) is 0. The first-order valence-corrected chi connectivity index (χ1v) is 7.95. The van der Waals surface area contributed by atoms with Crippen molar-refractivity contribution >= 4 is 11.9 Å². The average Bonchev–Trinajstić information content (AvgIpc) is 2.47. The van der Waals surface area contributed by atoms with Crippen LogP contribution in [0.5, 0.6) is 0 Å². The molecule has 0 aliphatic carbocycles. The number of likely N-dealkylation sites (tertiary alicyclic amines) is 2. The van der Waals surface area contributed by atoms with Crippen LogP contribution in [0.4, 0.5) is 0 Å². The van der Waals surface area contributed by atoms with Gasteiger partial charge >= 0.3 is 5.97 Å². The number of ether oxygens (including phenoxy) is 1. The highest BCUT2D eigenvalue weighted by atomic mass is 16.5. The smallest absolute Gasteiger partial charge is 0.310 e. The van der Waals surface area contributed by atoms with Crippen LogP contribution in [0.3, 0.4) is 0 Å². The average molecular weight is 298 g/mol. The lowest BCUT2D eigenvalue weighted by Gasteiger charge is -2.35. The second-order valence-corrected chi connectivity index (χ2v) is 5.96. The predicted molar refractivity (Wildman–Crippen MR) is 77.6 cm³/mol. The second-order valence-electron chi connectivity index (χ2n) is 5.96. The minimum Gasteiger partial charge on any atom is -0.466 e. The number of nitrogens with zero attached hydrogens (tertiary/aromatic N) is 2. The van der Waals surface area contributed by atoms with Crippen LogP contribution in [0.25, 0.3) is 0 Å². The van der Waals surface area contributed by atoms with Gasteiger partial charge in [-0.25, -0.2) is 0 Å². The molecular formula is C15H26N2O4. The number of esters is 1. The molecule has 2 saturated heterocycles. The molecule has 6 nitrogen and oxygen atoms in total. The Kier molecular flexibility index (Phi) is 5.99. The van der Waals surface area contributed by atoms with E-state index in [9.17, 15) is 14.7 Å². The van der Waals surface area contributed by atoms with Crippen molar-refractivity contribution in [3.05, 3.63) is 0 Å². The van der Waals surface area contributed by atoms with E-state index in [1.54, 1.807) is 11.8 Å².